The molecule has 144 valence electrons. The van der Waals surface area contributed by atoms with Gasteiger partial charge in [-0.2, -0.15) is 14.9 Å². The molecule has 3 aromatic carbocycles. The average Bonchev–Trinajstić information content (AvgIpc) is 3.13. The van der Waals surface area contributed by atoms with Gasteiger partial charge in [0.15, 0.2) is 5.82 Å². The summed E-state index contributed by atoms with van der Waals surface area (Å²) < 4.78 is 7.89. The van der Waals surface area contributed by atoms with Crippen LogP contribution in [0.1, 0.15) is 16.7 Å². The van der Waals surface area contributed by atoms with Crippen LogP contribution < -0.4 is 4.74 Å². The van der Waals surface area contributed by atoms with E-state index in [0.717, 1.165) is 22.4 Å². The molecule has 0 radical (unpaired) electrons. The monoisotopic (exact) mass is 400 g/mol. The Morgan fingerprint density at radius 3 is 2.45 bits per heavy atom. The van der Waals surface area contributed by atoms with Gasteiger partial charge in [0.25, 0.3) is 0 Å². The molecule has 6 heteroatoms. The molecular weight excluding hydrogens is 380 g/mol. The third kappa shape index (κ3) is 4.67. The summed E-state index contributed by atoms with van der Waals surface area (Å²) in [5.41, 5.74) is 4.21. The highest BCUT2D eigenvalue weighted by Crippen LogP contribution is 2.18. The van der Waals surface area contributed by atoms with Crippen molar-refractivity contribution in [1.82, 2.24) is 14.9 Å². The predicted octanol–water partition coefficient (Wildman–Crippen LogP) is 5.38. The first-order valence-electron chi connectivity index (χ1n) is 9.25. The molecule has 0 fully saturated rings. The zero-order valence-electron chi connectivity index (χ0n) is 15.9. The second kappa shape index (κ2) is 8.67. The molecule has 1 aromatic heterocycles. The summed E-state index contributed by atoms with van der Waals surface area (Å²) in [6, 6.07) is 25.9. The van der Waals surface area contributed by atoms with Crippen molar-refractivity contribution in [1.29, 1.82) is 0 Å². The van der Waals surface area contributed by atoms with E-state index in [9.17, 15) is 0 Å². The van der Waals surface area contributed by atoms with E-state index in [4.69, 9.17) is 17.0 Å². The Labute approximate surface area is 174 Å². The van der Waals surface area contributed by atoms with Crippen molar-refractivity contribution < 1.29 is 4.74 Å². The van der Waals surface area contributed by atoms with E-state index in [1.807, 2.05) is 85.8 Å². The Hall–Kier alpha value is -3.51. The van der Waals surface area contributed by atoms with Gasteiger partial charge in [0.1, 0.15) is 12.4 Å². The fraction of sp³-hybridized carbons (Fsp3) is 0.0870. The van der Waals surface area contributed by atoms with E-state index >= 15 is 0 Å². The van der Waals surface area contributed by atoms with E-state index in [0.29, 0.717) is 17.2 Å². The molecule has 0 amide bonds. The smallest absolute Gasteiger partial charge is 0.216 e. The number of H-pyrrole nitrogens is 1. The lowest BCUT2D eigenvalue weighted by Crippen LogP contribution is -1.96. The third-order valence-electron chi connectivity index (χ3n) is 4.41. The summed E-state index contributed by atoms with van der Waals surface area (Å²) in [5.74, 6) is 1.49. The lowest BCUT2D eigenvalue weighted by molar-refractivity contribution is 0.306. The van der Waals surface area contributed by atoms with Gasteiger partial charge in [-0.15, -0.1) is 0 Å². The van der Waals surface area contributed by atoms with Crippen molar-refractivity contribution in [2.24, 2.45) is 5.10 Å². The Balaban J connectivity index is 1.48. The van der Waals surface area contributed by atoms with E-state index in [1.165, 1.54) is 5.56 Å². The van der Waals surface area contributed by atoms with Crippen molar-refractivity contribution in [3.63, 3.8) is 0 Å². The van der Waals surface area contributed by atoms with Crippen LogP contribution in [0.25, 0.3) is 11.4 Å². The first-order valence-corrected chi connectivity index (χ1v) is 9.65. The standard InChI is InChI=1S/C23H20N4OS/c1-17-7-11-20(12-8-17)22-25-26-23(29)27(22)24-15-18-9-13-21(14-10-18)28-16-19-5-3-2-4-6-19/h2-15H,16H2,1H3,(H,26,29)/b24-15+. The van der Waals surface area contributed by atoms with Gasteiger partial charge in [-0.25, -0.2) is 5.10 Å². The van der Waals surface area contributed by atoms with Gasteiger partial charge < -0.3 is 4.74 Å². The summed E-state index contributed by atoms with van der Waals surface area (Å²) in [7, 11) is 0. The molecule has 29 heavy (non-hydrogen) atoms. The molecule has 4 aromatic rings. The third-order valence-corrected chi connectivity index (χ3v) is 4.68. The summed E-state index contributed by atoms with van der Waals surface area (Å²) in [6.45, 7) is 2.59. The van der Waals surface area contributed by atoms with Crippen LogP contribution in [0.15, 0.2) is 84.0 Å². The number of hydrogen-bond acceptors (Lipinski definition) is 4. The van der Waals surface area contributed by atoms with E-state index in [2.05, 4.69) is 15.3 Å². The molecule has 0 saturated heterocycles. The van der Waals surface area contributed by atoms with Gasteiger partial charge in [0.05, 0.1) is 6.21 Å². The van der Waals surface area contributed by atoms with Crippen LogP contribution in [0.2, 0.25) is 0 Å². The number of aryl methyl sites for hydroxylation is 1. The topological polar surface area (TPSA) is 55.2 Å². The second-order valence-corrected chi connectivity index (χ2v) is 7.00. The number of rotatable bonds is 6. The molecule has 4 rings (SSSR count). The van der Waals surface area contributed by atoms with Crippen molar-refractivity contribution in [2.45, 2.75) is 13.5 Å². The van der Waals surface area contributed by atoms with Crippen molar-refractivity contribution in [3.8, 4) is 17.1 Å². The van der Waals surface area contributed by atoms with Crippen molar-refractivity contribution in [3.05, 3.63) is 100 Å². The molecule has 0 bridgehead atoms. The normalized spacial score (nSPS) is 11.1. The Morgan fingerprint density at radius 2 is 1.72 bits per heavy atom. The number of aromatic amines is 1. The lowest BCUT2D eigenvalue weighted by atomic mass is 10.1. The maximum Gasteiger partial charge on any atom is 0.216 e. The van der Waals surface area contributed by atoms with Gasteiger partial charge in [-0.1, -0.05) is 60.2 Å². The van der Waals surface area contributed by atoms with Gasteiger partial charge in [-0.3, -0.25) is 0 Å². The number of benzene rings is 3. The average molecular weight is 401 g/mol. The minimum absolute atomic E-state index is 0.444. The molecule has 0 atom stereocenters. The van der Waals surface area contributed by atoms with Crippen molar-refractivity contribution in [2.75, 3.05) is 0 Å². The quantitative estimate of drug-likeness (QED) is 0.349. The molecule has 0 aliphatic heterocycles. The lowest BCUT2D eigenvalue weighted by Gasteiger charge is -2.06. The number of nitrogens with zero attached hydrogens (tertiary/aromatic N) is 3. The molecule has 1 N–H and O–H groups in total. The minimum Gasteiger partial charge on any atom is -0.489 e. The maximum absolute atomic E-state index is 5.82. The highest BCUT2D eigenvalue weighted by molar-refractivity contribution is 7.71. The molecule has 0 aliphatic rings. The summed E-state index contributed by atoms with van der Waals surface area (Å²) in [5, 5.41) is 11.6. The zero-order valence-corrected chi connectivity index (χ0v) is 16.8. The number of aromatic nitrogens is 3. The number of ether oxygens (including phenoxy) is 1. The molecule has 0 spiro atoms. The first-order chi connectivity index (χ1) is 14.2. The zero-order chi connectivity index (χ0) is 20.1. The van der Waals surface area contributed by atoms with Gasteiger partial charge in [0.2, 0.25) is 4.77 Å². The summed E-state index contributed by atoms with van der Waals surface area (Å²) in [6.07, 6.45) is 1.75. The van der Waals surface area contributed by atoms with Crippen molar-refractivity contribution >= 4 is 18.4 Å². The molecule has 5 nitrogen and oxygen atoms in total. The van der Waals surface area contributed by atoms with E-state index < -0.39 is 0 Å². The SMILES string of the molecule is Cc1ccc(-c2n[nH]c(=S)n2/N=C/c2ccc(OCc3ccccc3)cc2)cc1. The highest BCUT2D eigenvalue weighted by atomic mass is 32.1. The fourth-order valence-electron chi connectivity index (χ4n) is 2.80. The first kappa shape index (κ1) is 18.8. The predicted molar refractivity (Wildman–Crippen MR) is 118 cm³/mol. The molecule has 0 unspecified atom stereocenters. The Kier molecular flexibility index (Phi) is 5.63. The fourth-order valence-corrected chi connectivity index (χ4v) is 2.98. The van der Waals surface area contributed by atoms with Gasteiger partial charge >= 0.3 is 0 Å². The van der Waals surface area contributed by atoms with E-state index in [-0.39, 0.29) is 0 Å². The maximum atomic E-state index is 5.82. The second-order valence-electron chi connectivity index (χ2n) is 6.62. The molecule has 1 heterocycles. The largest absolute Gasteiger partial charge is 0.489 e. The van der Waals surface area contributed by atoms with Crippen LogP contribution in [0, 0.1) is 11.7 Å². The van der Waals surface area contributed by atoms with Crippen LogP contribution in [0.4, 0.5) is 0 Å². The van der Waals surface area contributed by atoms with Crippen LogP contribution in [0.5, 0.6) is 5.75 Å². The van der Waals surface area contributed by atoms with E-state index in [1.54, 1.807) is 10.9 Å². The Bertz CT molecular complexity index is 1160. The number of hydrogen-bond donors (Lipinski definition) is 1. The highest BCUT2D eigenvalue weighted by Gasteiger charge is 2.07. The summed E-state index contributed by atoms with van der Waals surface area (Å²) >= 11 is 5.33. The molecule has 0 aliphatic carbocycles. The molecular formula is C23H20N4OS. The Morgan fingerprint density at radius 1 is 1.00 bits per heavy atom. The number of nitrogens with one attached hydrogen (secondary N) is 1. The van der Waals surface area contributed by atoms with Crippen LogP contribution >= 0.6 is 12.2 Å². The molecule has 0 saturated carbocycles. The van der Waals surface area contributed by atoms with Gasteiger partial charge in [0, 0.05) is 5.56 Å². The van der Waals surface area contributed by atoms with Crippen LogP contribution in [-0.2, 0) is 6.61 Å². The van der Waals surface area contributed by atoms with Gasteiger partial charge in [-0.05, 0) is 54.5 Å². The van der Waals surface area contributed by atoms with Crippen LogP contribution in [0.3, 0.4) is 0 Å². The van der Waals surface area contributed by atoms with Crippen LogP contribution in [-0.4, -0.2) is 21.1 Å². The summed E-state index contributed by atoms with van der Waals surface area (Å²) in [4.78, 5) is 0. The minimum atomic E-state index is 0.444.